The van der Waals surface area contributed by atoms with Crippen molar-refractivity contribution < 1.29 is 30.8 Å². The van der Waals surface area contributed by atoms with Gasteiger partial charge in [-0.15, -0.1) is 6.58 Å². The molecule has 0 aliphatic heterocycles. The average Bonchev–Trinajstić information content (AvgIpc) is 3.75. The molecule has 1 aliphatic carbocycles. The lowest BCUT2D eigenvalue weighted by Gasteiger charge is -2.17. The maximum absolute atomic E-state index is 15.4. The van der Waals surface area contributed by atoms with Crippen LogP contribution in [0.3, 0.4) is 0 Å². The number of hydrogen-bond acceptors (Lipinski definition) is 5. The highest BCUT2D eigenvalue weighted by Crippen LogP contribution is 2.41. The molecule has 1 heterocycles. The molecule has 8 nitrogen and oxygen atoms in total. The van der Waals surface area contributed by atoms with E-state index in [1.54, 1.807) is 6.07 Å². The zero-order valence-electron chi connectivity index (χ0n) is 20.7. The first-order chi connectivity index (χ1) is 18.5. The van der Waals surface area contributed by atoms with E-state index in [0.717, 1.165) is 43.8 Å². The van der Waals surface area contributed by atoms with Gasteiger partial charge in [0.15, 0.2) is 23.3 Å². The molecule has 0 radical (unpaired) electrons. The summed E-state index contributed by atoms with van der Waals surface area (Å²) >= 11 is 0. The van der Waals surface area contributed by atoms with Crippen LogP contribution >= 0.6 is 0 Å². The van der Waals surface area contributed by atoms with Gasteiger partial charge in [-0.05, 0) is 59.7 Å². The van der Waals surface area contributed by atoms with Crippen LogP contribution in [0.4, 0.5) is 34.8 Å². The first-order valence-electron chi connectivity index (χ1n) is 11.9. The lowest BCUT2D eigenvalue weighted by atomic mass is 9.99. The second-order valence-corrected chi connectivity index (χ2v) is 10.5. The van der Waals surface area contributed by atoms with Gasteiger partial charge in [-0.1, -0.05) is 12.1 Å². The largest absolute Gasteiger partial charge is 0.350 e. The molecule has 13 heteroatoms. The van der Waals surface area contributed by atoms with Crippen LogP contribution < -0.4 is 20.1 Å². The van der Waals surface area contributed by atoms with Crippen molar-refractivity contribution in [3.05, 3.63) is 94.7 Å². The number of carbonyl (C=O) groups excluding carboxylic acids is 1. The molecule has 206 valence electrons. The van der Waals surface area contributed by atoms with Crippen LogP contribution in [0.5, 0.6) is 0 Å². The molecule has 39 heavy (non-hydrogen) atoms. The number of anilines is 3. The van der Waals surface area contributed by atoms with Crippen molar-refractivity contribution in [2.75, 3.05) is 23.6 Å². The predicted octanol–water partition coefficient (Wildman–Crippen LogP) is 4.64. The van der Waals surface area contributed by atoms with Gasteiger partial charge in [-0.3, -0.25) is 9.52 Å². The molecular formula is C26H25F4N5O3S. The van der Waals surface area contributed by atoms with E-state index in [-0.39, 0.29) is 29.3 Å². The number of nitrogens with zero attached hydrogens (tertiary/aromatic N) is 1. The molecule has 2 aromatic carbocycles. The number of halogens is 4. The topological polar surface area (TPSA) is 112 Å². The first kappa shape index (κ1) is 28.0. The predicted molar refractivity (Wildman–Crippen MR) is 139 cm³/mol. The molecule has 0 bridgehead atoms. The summed E-state index contributed by atoms with van der Waals surface area (Å²) in [6, 6.07) is 6.55. The zero-order chi connectivity index (χ0) is 28.3. The van der Waals surface area contributed by atoms with Gasteiger partial charge in [-0.2, -0.15) is 8.42 Å². The molecule has 1 aromatic heterocycles. The van der Waals surface area contributed by atoms with Gasteiger partial charge in [-0.25, -0.2) is 27.3 Å². The maximum Gasteiger partial charge on any atom is 0.300 e. The van der Waals surface area contributed by atoms with Crippen molar-refractivity contribution in [2.45, 2.75) is 25.2 Å². The Balaban J connectivity index is 1.73. The van der Waals surface area contributed by atoms with Crippen molar-refractivity contribution in [1.82, 2.24) is 15.0 Å². The third-order valence-corrected chi connectivity index (χ3v) is 7.08. The van der Waals surface area contributed by atoms with Crippen LogP contribution in [0.1, 0.15) is 45.8 Å². The Bertz CT molecular complexity index is 1550. The Labute approximate surface area is 222 Å². The van der Waals surface area contributed by atoms with Gasteiger partial charge in [0.1, 0.15) is 5.82 Å². The highest BCUT2D eigenvalue weighted by molar-refractivity contribution is 7.90. The fraction of sp³-hybridized carbons (Fsp3) is 0.231. The molecule has 4 rings (SSSR count). The summed E-state index contributed by atoms with van der Waals surface area (Å²) in [5.41, 5.74) is -0.962. The van der Waals surface area contributed by atoms with E-state index in [9.17, 15) is 17.6 Å². The van der Waals surface area contributed by atoms with Gasteiger partial charge < -0.3 is 10.6 Å². The van der Waals surface area contributed by atoms with Gasteiger partial charge >= 0.3 is 0 Å². The summed E-state index contributed by atoms with van der Waals surface area (Å²) < 4.78 is 87.8. The molecule has 3 aromatic rings. The van der Waals surface area contributed by atoms with E-state index in [2.05, 4.69) is 22.2 Å². The lowest BCUT2D eigenvalue weighted by molar-refractivity contribution is 0.0958. The van der Waals surface area contributed by atoms with Gasteiger partial charge in [0.25, 0.3) is 16.1 Å². The van der Waals surface area contributed by atoms with E-state index in [4.69, 9.17) is 0 Å². The monoisotopic (exact) mass is 563 g/mol. The van der Waals surface area contributed by atoms with Crippen molar-refractivity contribution in [3.63, 3.8) is 0 Å². The van der Waals surface area contributed by atoms with E-state index in [1.807, 2.05) is 9.44 Å². The molecular weight excluding hydrogens is 538 g/mol. The van der Waals surface area contributed by atoms with Crippen LogP contribution in [-0.2, 0) is 16.6 Å². The highest BCUT2D eigenvalue weighted by atomic mass is 32.2. The van der Waals surface area contributed by atoms with Gasteiger partial charge in [0.2, 0.25) is 0 Å². The second kappa shape index (κ2) is 11.4. The number of benzene rings is 2. The van der Waals surface area contributed by atoms with Crippen LogP contribution in [-0.4, -0.2) is 32.9 Å². The summed E-state index contributed by atoms with van der Waals surface area (Å²) in [4.78, 5) is 16.5. The van der Waals surface area contributed by atoms with E-state index >= 15 is 13.2 Å². The van der Waals surface area contributed by atoms with Crippen LogP contribution in [0.25, 0.3) is 0 Å². The number of nitrogens with one attached hydrogen (secondary N) is 4. The number of amides is 1. The number of hydrogen-bond donors (Lipinski definition) is 4. The minimum atomic E-state index is -4.11. The minimum Gasteiger partial charge on any atom is -0.350 e. The zero-order valence-corrected chi connectivity index (χ0v) is 21.6. The SMILES string of the molecule is C=CCNC(=O)c1cc(Cc2ccnc(NS(=O)(=O)NC)c2F)c(F)c(F)c1Nc1ccc(C2CC2)cc1F. The maximum atomic E-state index is 15.4. The summed E-state index contributed by atoms with van der Waals surface area (Å²) in [5.74, 6) is -5.90. The van der Waals surface area contributed by atoms with Crippen molar-refractivity contribution in [3.8, 4) is 0 Å². The highest BCUT2D eigenvalue weighted by Gasteiger charge is 2.27. The standard InChI is InChI=1S/C26H25F4N5O3S/c1-3-9-33-26(36)18-12-17(11-16-8-10-32-25(22(16)29)35-39(37,38)31-2)21(28)23(30)24(18)34-20-7-6-15(13-19(20)27)14-4-5-14/h3,6-8,10,12-14,31,34H,1,4-5,9,11H2,2H3,(H,32,35)(H,33,36). The molecule has 1 saturated carbocycles. The number of aromatic nitrogens is 1. The van der Waals surface area contributed by atoms with Crippen LogP contribution in [0, 0.1) is 23.3 Å². The quantitative estimate of drug-likeness (QED) is 0.201. The van der Waals surface area contributed by atoms with Crippen LogP contribution in [0.2, 0.25) is 0 Å². The Morgan fingerprint density at radius 2 is 1.82 bits per heavy atom. The second-order valence-electron chi connectivity index (χ2n) is 8.84. The molecule has 1 amide bonds. The number of pyridine rings is 1. The van der Waals surface area contributed by atoms with E-state index < -0.39 is 62.9 Å². The molecule has 4 N–H and O–H groups in total. The molecule has 0 spiro atoms. The molecule has 0 unspecified atom stereocenters. The third-order valence-electron chi connectivity index (χ3n) is 6.09. The average molecular weight is 564 g/mol. The lowest BCUT2D eigenvalue weighted by Crippen LogP contribution is -2.27. The van der Waals surface area contributed by atoms with Crippen molar-refractivity contribution in [1.29, 1.82) is 0 Å². The molecule has 0 saturated heterocycles. The van der Waals surface area contributed by atoms with Crippen molar-refractivity contribution in [2.24, 2.45) is 0 Å². The summed E-state index contributed by atoms with van der Waals surface area (Å²) in [5, 5.41) is 4.96. The summed E-state index contributed by atoms with van der Waals surface area (Å²) in [7, 11) is -3.00. The minimum absolute atomic E-state index is 0.00496. The Hall–Kier alpha value is -3.97. The first-order valence-corrected chi connectivity index (χ1v) is 13.3. The van der Waals surface area contributed by atoms with Gasteiger partial charge in [0.05, 0.1) is 16.9 Å². The Morgan fingerprint density at radius 3 is 2.46 bits per heavy atom. The number of rotatable bonds is 11. The summed E-state index contributed by atoms with van der Waals surface area (Å²) in [6.45, 7) is 3.50. The Kier molecular flexibility index (Phi) is 8.21. The third kappa shape index (κ3) is 6.37. The van der Waals surface area contributed by atoms with E-state index in [1.165, 1.54) is 18.2 Å². The fourth-order valence-electron chi connectivity index (χ4n) is 3.88. The smallest absolute Gasteiger partial charge is 0.300 e. The molecule has 1 fully saturated rings. The number of carbonyl (C=O) groups is 1. The molecule has 1 aliphatic rings. The summed E-state index contributed by atoms with van der Waals surface area (Å²) in [6.07, 6.45) is 3.80. The van der Waals surface area contributed by atoms with Gasteiger partial charge in [0, 0.05) is 26.2 Å². The van der Waals surface area contributed by atoms with E-state index in [0.29, 0.717) is 0 Å². The fourth-order valence-corrected chi connectivity index (χ4v) is 4.38. The van der Waals surface area contributed by atoms with Crippen molar-refractivity contribution >= 4 is 33.3 Å². The Morgan fingerprint density at radius 1 is 1.08 bits per heavy atom. The normalized spacial score (nSPS) is 13.2. The molecule has 0 atom stereocenters. The van der Waals surface area contributed by atoms with Crippen LogP contribution in [0.15, 0.2) is 49.2 Å².